The molecule has 14 heavy (non-hydrogen) atoms. The Morgan fingerprint density at radius 3 is 1.50 bits per heavy atom. The number of benzene rings is 1. The first-order chi connectivity index (χ1) is 6.25. The summed E-state index contributed by atoms with van der Waals surface area (Å²) >= 11 is 0. The van der Waals surface area contributed by atoms with E-state index in [4.69, 9.17) is 0 Å². The van der Waals surface area contributed by atoms with Crippen LogP contribution in [-0.2, 0) is 5.41 Å². The van der Waals surface area contributed by atoms with Gasteiger partial charge >= 0.3 is 0 Å². The Morgan fingerprint density at radius 2 is 1.21 bits per heavy atom. The fourth-order valence-corrected chi connectivity index (χ4v) is 2.34. The average Bonchev–Trinajstić information content (AvgIpc) is 1.98. The molecule has 1 rings (SSSR count). The zero-order chi connectivity index (χ0) is 11.1. The quantitative estimate of drug-likeness (QED) is 0.358. The van der Waals surface area contributed by atoms with Crippen molar-refractivity contribution in [3.8, 4) is 0 Å². The Hall–Kier alpha value is -0.520. The van der Waals surface area contributed by atoms with E-state index in [1.165, 1.54) is 27.4 Å². The van der Waals surface area contributed by atoms with Crippen molar-refractivity contribution in [2.45, 2.75) is 26.2 Å². The third-order valence-corrected chi connectivity index (χ3v) is 3.12. The zero-order valence-electron chi connectivity index (χ0n) is 10.6. The van der Waals surface area contributed by atoms with Crippen LogP contribution in [0.15, 0.2) is 6.07 Å². The molecule has 1 aromatic rings. The van der Waals surface area contributed by atoms with Gasteiger partial charge in [0.05, 0.1) is 0 Å². The van der Waals surface area contributed by atoms with Crippen molar-refractivity contribution < 1.29 is 0 Å². The molecule has 1 aromatic carbocycles. The van der Waals surface area contributed by atoms with E-state index in [0.717, 1.165) is 0 Å². The fourth-order valence-electron chi connectivity index (χ4n) is 2.34. The van der Waals surface area contributed by atoms with Crippen LogP contribution in [0.5, 0.6) is 0 Å². The van der Waals surface area contributed by atoms with Crippen LogP contribution in [-0.4, -0.2) is 31.4 Å². The lowest BCUT2D eigenvalue weighted by Gasteiger charge is -2.27. The second kappa shape index (κ2) is 3.56. The topological polar surface area (TPSA) is 0 Å². The summed E-state index contributed by atoms with van der Waals surface area (Å²) < 4.78 is 0. The van der Waals surface area contributed by atoms with E-state index in [0.29, 0.717) is 0 Å². The molecule has 0 saturated carbocycles. The predicted octanol–water partition coefficient (Wildman–Crippen LogP) is -3.98. The monoisotopic (exact) mass is 182 g/mol. The molecule has 0 aliphatic rings. The van der Waals surface area contributed by atoms with Crippen LogP contribution in [0.1, 0.15) is 26.3 Å². The Kier molecular flexibility index (Phi) is 2.94. The van der Waals surface area contributed by atoms with Gasteiger partial charge < -0.3 is 0 Å². The van der Waals surface area contributed by atoms with Crippen molar-refractivity contribution >= 4 is 53.2 Å². The predicted molar refractivity (Wildman–Crippen MR) is 77.9 cm³/mol. The molecule has 0 aliphatic carbocycles. The van der Waals surface area contributed by atoms with Gasteiger partial charge in [-0.05, 0) is 5.41 Å². The van der Waals surface area contributed by atoms with Crippen molar-refractivity contribution in [1.82, 2.24) is 0 Å². The number of hydrogen-bond acceptors (Lipinski definition) is 0. The van der Waals surface area contributed by atoms with E-state index in [1.54, 1.807) is 0 Å². The average molecular weight is 182 g/mol. The minimum Gasteiger partial charge on any atom is -0.0954 e. The van der Waals surface area contributed by atoms with E-state index in [-0.39, 0.29) is 5.41 Å². The van der Waals surface area contributed by atoms with Crippen LogP contribution in [0.4, 0.5) is 0 Å². The summed E-state index contributed by atoms with van der Waals surface area (Å²) in [6, 6.07) is 2.29. The molecule has 0 atom stereocenters. The van der Waals surface area contributed by atoms with Gasteiger partial charge in [-0.3, -0.25) is 0 Å². The smallest absolute Gasteiger partial charge is 0.0954 e. The highest BCUT2D eigenvalue weighted by Crippen LogP contribution is 2.16. The van der Waals surface area contributed by atoms with Gasteiger partial charge in [0, 0.05) is 0 Å². The van der Waals surface area contributed by atoms with Crippen molar-refractivity contribution in [2.75, 3.05) is 0 Å². The second-order valence-corrected chi connectivity index (χ2v) is 5.39. The van der Waals surface area contributed by atoms with Gasteiger partial charge in [-0.1, -0.05) is 54.3 Å². The highest BCUT2D eigenvalue weighted by Gasteiger charge is 2.19. The van der Waals surface area contributed by atoms with Crippen LogP contribution < -0.4 is 21.9 Å². The van der Waals surface area contributed by atoms with Crippen molar-refractivity contribution in [3.63, 3.8) is 0 Å². The van der Waals surface area contributed by atoms with Gasteiger partial charge in [0.15, 0.2) is 0 Å². The van der Waals surface area contributed by atoms with E-state index in [2.05, 4.69) is 58.2 Å². The van der Waals surface area contributed by atoms with Crippen molar-refractivity contribution in [1.29, 1.82) is 0 Å². The first-order valence-corrected chi connectivity index (χ1v) is 5.33. The number of rotatable bonds is 0. The molecule has 4 heteroatoms. The fraction of sp³-hybridized carbons (Fsp3) is 0.400. The minimum atomic E-state index is 0.255. The van der Waals surface area contributed by atoms with Gasteiger partial charge in [0.25, 0.3) is 0 Å². The summed E-state index contributed by atoms with van der Waals surface area (Å²) in [6.45, 7) is 6.88. The zero-order valence-corrected chi connectivity index (χ0v) is 10.6. The lowest BCUT2D eigenvalue weighted by molar-refractivity contribution is 0.598. The van der Waals surface area contributed by atoms with Gasteiger partial charge in [0.2, 0.25) is 0 Å². The van der Waals surface area contributed by atoms with Gasteiger partial charge in [-0.15, -0.1) is 0 Å². The molecule has 70 valence electrons. The van der Waals surface area contributed by atoms with E-state index < -0.39 is 0 Å². The summed E-state index contributed by atoms with van der Waals surface area (Å²) in [7, 11) is 8.89. The first kappa shape index (κ1) is 11.6. The molecule has 0 heterocycles. The van der Waals surface area contributed by atoms with E-state index in [1.807, 2.05) is 0 Å². The lowest BCUT2D eigenvalue weighted by atomic mass is 9.62. The SMILES string of the molecule is Bc1cc(B)c(B)c(C(C)(C)C)c1B. The van der Waals surface area contributed by atoms with Crippen molar-refractivity contribution in [3.05, 3.63) is 11.6 Å². The normalized spacial score (nSPS) is 11.6. The summed E-state index contributed by atoms with van der Waals surface area (Å²) in [6.07, 6.45) is 0. The maximum atomic E-state index is 2.29. The third-order valence-electron chi connectivity index (χ3n) is 3.12. The van der Waals surface area contributed by atoms with Gasteiger partial charge in [-0.2, -0.15) is 0 Å². The van der Waals surface area contributed by atoms with Crippen molar-refractivity contribution in [2.24, 2.45) is 0 Å². The van der Waals surface area contributed by atoms with E-state index in [9.17, 15) is 0 Å². The molecule has 0 spiro atoms. The minimum absolute atomic E-state index is 0.255. The largest absolute Gasteiger partial charge is 0.138 e. The van der Waals surface area contributed by atoms with Gasteiger partial charge in [-0.25, -0.2) is 0 Å². The second-order valence-electron chi connectivity index (χ2n) is 5.39. The molecule has 0 radical (unpaired) electrons. The molecule has 0 bridgehead atoms. The number of hydrogen-bond donors (Lipinski definition) is 0. The molecule has 0 fully saturated rings. The molecule has 0 N–H and O–H groups in total. The van der Waals surface area contributed by atoms with Crippen LogP contribution in [0.2, 0.25) is 0 Å². The molecule has 0 aromatic heterocycles. The van der Waals surface area contributed by atoms with Gasteiger partial charge in [0.1, 0.15) is 31.4 Å². The molecular weight excluding hydrogens is 163 g/mol. The summed E-state index contributed by atoms with van der Waals surface area (Å²) in [4.78, 5) is 0. The van der Waals surface area contributed by atoms with Crippen LogP contribution in [0.3, 0.4) is 0 Å². The summed E-state index contributed by atoms with van der Waals surface area (Å²) in [5.41, 5.74) is 7.53. The maximum Gasteiger partial charge on any atom is 0.138 e. The summed E-state index contributed by atoms with van der Waals surface area (Å²) in [5, 5.41) is 0. The molecule has 0 aliphatic heterocycles. The molecular formula is C10H18B4. The molecule has 0 amide bonds. The first-order valence-electron chi connectivity index (χ1n) is 5.33. The maximum absolute atomic E-state index is 2.29. The van der Waals surface area contributed by atoms with Crippen LogP contribution >= 0.6 is 0 Å². The van der Waals surface area contributed by atoms with E-state index >= 15 is 0 Å². The Labute approximate surface area is 91.5 Å². The molecule has 0 nitrogen and oxygen atoms in total. The summed E-state index contributed by atoms with van der Waals surface area (Å²) in [5.74, 6) is 0. The standard InChI is InChI=1S/C10H18B4/c1-10(2,3)7-8(13)5(11)4-6(12)9(7)14/h4H,11-14H2,1-3H3. The lowest BCUT2D eigenvalue weighted by Crippen LogP contribution is -2.47. The molecule has 0 saturated heterocycles. The van der Waals surface area contributed by atoms with Crippen LogP contribution in [0, 0.1) is 0 Å². The highest BCUT2D eigenvalue weighted by molar-refractivity contribution is 6.56. The Balaban J connectivity index is 3.56. The highest BCUT2D eigenvalue weighted by atomic mass is 14.2. The third kappa shape index (κ3) is 1.94. The van der Waals surface area contributed by atoms with Crippen LogP contribution in [0.25, 0.3) is 0 Å². The Bertz CT molecular complexity index is 337. The Morgan fingerprint density at radius 1 is 0.857 bits per heavy atom. The molecule has 0 unspecified atom stereocenters.